The number of carboxylic acid groups (broad SMARTS) is 1. The van der Waals surface area contributed by atoms with Crippen LogP contribution in [-0.2, 0) is 11.2 Å². The van der Waals surface area contributed by atoms with Crippen molar-refractivity contribution in [1.29, 1.82) is 0 Å². The molecule has 1 aliphatic rings. The third-order valence-corrected chi connectivity index (χ3v) is 7.19. The van der Waals surface area contributed by atoms with Gasteiger partial charge in [-0.3, -0.25) is 4.79 Å². The van der Waals surface area contributed by atoms with Crippen molar-refractivity contribution in [3.63, 3.8) is 0 Å². The number of carboxylic acids is 1. The van der Waals surface area contributed by atoms with E-state index in [2.05, 4.69) is 16.0 Å². The number of ether oxygens (including phenoxy) is 2. The Kier molecular flexibility index (Phi) is 9.71. The summed E-state index contributed by atoms with van der Waals surface area (Å²) in [6.45, 7) is 0. The average molecular weight is 598 g/mol. The van der Waals surface area contributed by atoms with Gasteiger partial charge in [-0.05, 0) is 104 Å². The number of aromatic carboxylic acids is 1. The molecule has 4 N–H and O–H groups in total. The van der Waals surface area contributed by atoms with Crippen molar-refractivity contribution in [2.45, 2.75) is 44.2 Å². The highest BCUT2D eigenvalue weighted by atomic mass is 19.1. The van der Waals surface area contributed by atoms with Gasteiger partial charge in [0, 0.05) is 11.7 Å². The minimum absolute atomic E-state index is 0.0347. The molecule has 1 aliphatic carbocycles. The topological polar surface area (TPSA) is 126 Å². The number of carbonyl (C=O) groups excluding carboxylic acids is 2. The van der Waals surface area contributed by atoms with Gasteiger partial charge in [-0.25, -0.2) is 14.0 Å². The number of urea groups is 1. The van der Waals surface area contributed by atoms with E-state index in [-0.39, 0.29) is 47.6 Å². The number of hydrogen-bond donors (Lipinski definition) is 4. The average Bonchev–Trinajstić information content (AvgIpc) is 3.01. The maximum absolute atomic E-state index is 13.0. The van der Waals surface area contributed by atoms with Crippen molar-refractivity contribution in [2.75, 3.05) is 10.6 Å². The molecule has 0 radical (unpaired) electrons. The molecule has 0 aromatic heterocycles. The van der Waals surface area contributed by atoms with Crippen LogP contribution in [0.3, 0.4) is 0 Å². The van der Waals surface area contributed by atoms with E-state index in [0.29, 0.717) is 17.2 Å². The largest absolute Gasteiger partial charge is 0.490 e. The molecule has 0 spiro atoms. The van der Waals surface area contributed by atoms with Crippen LogP contribution in [0.2, 0.25) is 0 Å². The first-order valence-electron chi connectivity index (χ1n) is 14.3. The lowest BCUT2D eigenvalue weighted by atomic mass is 9.93. The maximum Gasteiger partial charge on any atom is 0.337 e. The Balaban J connectivity index is 1.04. The number of para-hydroxylation sites is 1. The molecular weight excluding hydrogens is 565 g/mol. The van der Waals surface area contributed by atoms with Crippen LogP contribution >= 0.6 is 0 Å². The molecule has 226 valence electrons. The van der Waals surface area contributed by atoms with Crippen molar-refractivity contribution >= 4 is 29.3 Å². The van der Waals surface area contributed by atoms with Crippen LogP contribution < -0.4 is 25.4 Å². The quantitative estimate of drug-likeness (QED) is 0.156. The van der Waals surface area contributed by atoms with Gasteiger partial charge in [-0.1, -0.05) is 24.3 Å². The Labute approximate surface area is 254 Å². The number of nitrogens with one attached hydrogen (secondary N) is 3. The fourth-order valence-electron chi connectivity index (χ4n) is 4.96. The molecule has 0 saturated heterocycles. The zero-order valence-electron chi connectivity index (χ0n) is 23.8. The summed E-state index contributed by atoms with van der Waals surface area (Å²) in [7, 11) is 0. The Bertz CT molecular complexity index is 1590. The fraction of sp³-hybridized carbons (Fsp3) is 0.206. The van der Waals surface area contributed by atoms with Gasteiger partial charge < -0.3 is 30.5 Å². The molecule has 44 heavy (non-hydrogen) atoms. The lowest BCUT2D eigenvalue weighted by molar-refractivity contribution is -0.115. The smallest absolute Gasteiger partial charge is 0.337 e. The summed E-state index contributed by atoms with van der Waals surface area (Å²) in [5.41, 5.74) is 1.58. The van der Waals surface area contributed by atoms with E-state index in [1.165, 1.54) is 30.3 Å². The monoisotopic (exact) mass is 597 g/mol. The number of halogens is 1. The Morgan fingerprint density at radius 1 is 0.750 bits per heavy atom. The van der Waals surface area contributed by atoms with E-state index in [9.17, 15) is 23.9 Å². The molecule has 0 bridgehead atoms. The van der Waals surface area contributed by atoms with E-state index >= 15 is 0 Å². The molecule has 5 rings (SSSR count). The van der Waals surface area contributed by atoms with E-state index < -0.39 is 5.97 Å². The molecule has 0 aliphatic heterocycles. The normalized spacial score (nSPS) is 15.9. The second-order valence-corrected chi connectivity index (χ2v) is 10.5. The number of anilines is 2. The standard InChI is InChI=1S/C34H32FN3O6/c35-23-7-9-24(10-8-23)36-34(42)37-25-11-15-27(16-12-25)44-29-19-17-28(18-20-29)43-26-13-5-22(6-14-26)21-32(39)38-31-4-2-1-3-30(31)33(40)41/h1-10,13-14,17-20,25,27H,11-12,15-16,21H2,(H,38,39)(H,40,41)(H2,36,37,42). The van der Waals surface area contributed by atoms with Crippen LogP contribution in [-0.4, -0.2) is 35.2 Å². The molecule has 0 atom stereocenters. The minimum atomic E-state index is -1.11. The second-order valence-electron chi connectivity index (χ2n) is 10.5. The number of amides is 3. The summed E-state index contributed by atoms with van der Waals surface area (Å²) in [5, 5.41) is 17.6. The second kappa shape index (κ2) is 14.2. The number of rotatable bonds is 10. The predicted molar refractivity (Wildman–Crippen MR) is 164 cm³/mol. The lowest BCUT2D eigenvalue weighted by Crippen LogP contribution is -2.41. The zero-order valence-corrected chi connectivity index (χ0v) is 23.8. The van der Waals surface area contributed by atoms with Gasteiger partial charge in [-0.2, -0.15) is 0 Å². The predicted octanol–water partition coefficient (Wildman–Crippen LogP) is 7.01. The van der Waals surface area contributed by atoms with Gasteiger partial charge in [0.2, 0.25) is 5.91 Å². The highest BCUT2D eigenvalue weighted by Crippen LogP contribution is 2.28. The Hall–Kier alpha value is -5.38. The van der Waals surface area contributed by atoms with Gasteiger partial charge in [0.25, 0.3) is 0 Å². The maximum atomic E-state index is 13.0. The van der Waals surface area contributed by atoms with Crippen LogP contribution in [0.5, 0.6) is 17.2 Å². The van der Waals surface area contributed by atoms with Gasteiger partial charge in [-0.15, -0.1) is 0 Å². The first-order chi connectivity index (χ1) is 21.3. The van der Waals surface area contributed by atoms with Crippen molar-refractivity contribution in [3.05, 3.63) is 114 Å². The summed E-state index contributed by atoms with van der Waals surface area (Å²) >= 11 is 0. The Morgan fingerprint density at radius 3 is 2.02 bits per heavy atom. The van der Waals surface area contributed by atoms with Crippen LogP contribution in [0.15, 0.2) is 97.1 Å². The van der Waals surface area contributed by atoms with Crippen LogP contribution in [0.4, 0.5) is 20.6 Å². The van der Waals surface area contributed by atoms with Crippen molar-refractivity contribution in [3.8, 4) is 17.2 Å². The fourth-order valence-corrected chi connectivity index (χ4v) is 4.96. The molecule has 9 nitrogen and oxygen atoms in total. The SMILES string of the molecule is O=C(Cc1ccc(Oc2ccc(OC3CCC(NC(=O)Nc4ccc(F)cc4)CC3)cc2)cc1)Nc1ccccc1C(=O)O. The van der Waals surface area contributed by atoms with Gasteiger partial charge >= 0.3 is 12.0 Å². The van der Waals surface area contributed by atoms with E-state index in [0.717, 1.165) is 37.0 Å². The summed E-state index contributed by atoms with van der Waals surface area (Å²) in [6.07, 6.45) is 3.31. The Morgan fingerprint density at radius 2 is 1.36 bits per heavy atom. The third kappa shape index (κ3) is 8.57. The summed E-state index contributed by atoms with van der Waals surface area (Å²) in [4.78, 5) is 36.1. The van der Waals surface area contributed by atoms with Gasteiger partial charge in [0.05, 0.1) is 23.8 Å². The first kappa shape index (κ1) is 30.1. The van der Waals surface area contributed by atoms with Gasteiger partial charge in [0.15, 0.2) is 0 Å². The molecule has 10 heteroatoms. The van der Waals surface area contributed by atoms with Crippen molar-refractivity contribution in [1.82, 2.24) is 5.32 Å². The molecule has 0 heterocycles. The van der Waals surface area contributed by atoms with E-state index in [1.54, 1.807) is 42.5 Å². The summed E-state index contributed by atoms with van der Waals surface area (Å²) in [5.74, 6) is 0.188. The van der Waals surface area contributed by atoms with E-state index in [1.807, 2.05) is 24.3 Å². The molecule has 0 unspecified atom stereocenters. The highest BCUT2D eigenvalue weighted by Gasteiger charge is 2.24. The van der Waals surface area contributed by atoms with Crippen LogP contribution in [0, 0.1) is 5.82 Å². The van der Waals surface area contributed by atoms with Gasteiger partial charge in [0.1, 0.15) is 23.1 Å². The lowest BCUT2D eigenvalue weighted by Gasteiger charge is -2.29. The molecule has 4 aromatic carbocycles. The van der Waals surface area contributed by atoms with Crippen molar-refractivity contribution < 1.29 is 33.4 Å². The van der Waals surface area contributed by atoms with E-state index in [4.69, 9.17) is 9.47 Å². The van der Waals surface area contributed by atoms with Crippen LogP contribution in [0.25, 0.3) is 0 Å². The molecule has 1 fully saturated rings. The zero-order chi connectivity index (χ0) is 30.9. The highest BCUT2D eigenvalue weighted by molar-refractivity contribution is 6.01. The molecule has 3 amide bonds. The summed E-state index contributed by atoms with van der Waals surface area (Å²) in [6, 6.07) is 26.1. The number of hydrogen-bond acceptors (Lipinski definition) is 5. The summed E-state index contributed by atoms with van der Waals surface area (Å²) < 4.78 is 25.1. The molecular formula is C34H32FN3O6. The molecule has 4 aromatic rings. The van der Waals surface area contributed by atoms with Crippen molar-refractivity contribution in [2.24, 2.45) is 0 Å². The molecule has 1 saturated carbocycles. The minimum Gasteiger partial charge on any atom is -0.490 e. The first-order valence-corrected chi connectivity index (χ1v) is 14.3. The van der Waals surface area contributed by atoms with Crippen LogP contribution in [0.1, 0.15) is 41.6 Å². The third-order valence-electron chi connectivity index (χ3n) is 7.19. The number of benzene rings is 4. The number of carbonyl (C=O) groups is 3.